The quantitative estimate of drug-likeness (QED) is 0.684. The van der Waals surface area contributed by atoms with Crippen LogP contribution in [0.3, 0.4) is 0 Å². The molecule has 1 aromatic carbocycles. The minimum absolute atomic E-state index is 0.0214. The maximum Gasteiger partial charge on any atom is 0.251 e. The van der Waals surface area contributed by atoms with Gasteiger partial charge in [-0.2, -0.15) is 0 Å². The zero-order valence-corrected chi connectivity index (χ0v) is 21.0. The van der Waals surface area contributed by atoms with E-state index in [-0.39, 0.29) is 23.9 Å². The summed E-state index contributed by atoms with van der Waals surface area (Å²) in [6, 6.07) is 11.8. The number of amides is 2. The van der Waals surface area contributed by atoms with Crippen molar-refractivity contribution >= 4 is 34.8 Å². The van der Waals surface area contributed by atoms with Crippen molar-refractivity contribution in [3.8, 4) is 0 Å². The van der Waals surface area contributed by atoms with Gasteiger partial charge in [0.1, 0.15) is 11.9 Å². The molecule has 1 atom stereocenters. The lowest BCUT2D eigenvalue weighted by atomic mass is 10.0. The molecule has 1 aromatic heterocycles. The van der Waals surface area contributed by atoms with Crippen LogP contribution in [0.5, 0.6) is 0 Å². The van der Waals surface area contributed by atoms with E-state index in [9.17, 15) is 9.59 Å². The smallest absolute Gasteiger partial charge is 0.251 e. The standard InChI is InChI=1S/C27H36N6O2/c1-18-27(35)32(3)23-12-13-24(30-25(23)33(18)22-6-4-5-7-22)28-20-10-8-19(9-11-20)26(34)29-21-14-16-31(2)17-15-21/h8-13,18,21-22H,4-7,14-17H2,1-3H3,(H,28,30)(H,29,34)/t18-/m1/s1. The molecule has 0 unspecified atom stereocenters. The Hall–Kier alpha value is -3.13. The van der Waals surface area contributed by atoms with Gasteiger partial charge < -0.3 is 25.3 Å². The molecule has 8 heteroatoms. The van der Waals surface area contributed by atoms with Gasteiger partial charge in [0.05, 0.1) is 5.69 Å². The van der Waals surface area contributed by atoms with Gasteiger partial charge in [-0.05, 0) is 89.1 Å². The molecule has 3 heterocycles. The summed E-state index contributed by atoms with van der Waals surface area (Å²) in [6.07, 6.45) is 6.57. The SMILES string of the molecule is C[C@@H]1C(=O)N(C)c2ccc(Nc3ccc(C(=O)NC4CCN(C)CC4)cc3)nc2N1C1CCCC1. The number of rotatable bonds is 5. The molecule has 186 valence electrons. The highest BCUT2D eigenvalue weighted by atomic mass is 16.2. The van der Waals surface area contributed by atoms with Gasteiger partial charge >= 0.3 is 0 Å². The van der Waals surface area contributed by atoms with Gasteiger partial charge in [0, 0.05) is 30.4 Å². The molecule has 2 fully saturated rings. The number of hydrogen-bond donors (Lipinski definition) is 2. The van der Waals surface area contributed by atoms with Gasteiger partial charge in [-0.15, -0.1) is 0 Å². The molecule has 2 aliphatic heterocycles. The summed E-state index contributed by atoms with van der Waals surface area (Å²) in [5, 5.41) is 6.55. The van der Waals surface area contributed by atoms with Gasteiger partial charge in [0.2, 0.25) is 5.91 Å². The molecule has 1 aliphatic carbocycles. The van der Waals surface area contributed by atoms with Crippen LogP contribution in [-0.2, 0) is 4.79 Å². The molecular weight excluding hydrogens is 440 g/mol. The second-order valence-electron chi connectivity index (χ2n) is 10.2. The van der Waals surface area contributed by atoms with Crippen LogP contribution in [0.2, 0.25) is 0 Å². The van der Waals surface area contributed by atoms with Gasteiger partial charge in [0.15, 0.2) is 5.82 Å². The van der Waals surface area contributed by atoms with Crippen molar-refractivity contribution in [3.05, 3.63) is 42.0 Å². The number of benzene rings is 1. The van der Waals surface area contributed by atoms with Crippen LogP contribution in [-0.4, -0.2) is 67.0 Å². The fraction of sp³-hybridized carbons (Fsp3) is 0.519. The summed E-state index contributed by atoms with van der Waals surface area (Å²) in [5.41, 5.74) is 2.38. The number of likely N-dealkylation sites (N-methyl/N-ethyl adjacent to an activating group) is 1. The number of aromatic nitrogens is 1. The van der Waals surface area contributed by atoms with Crippen molar-refractivity contribution in [1.82, 2.24) is 15.2 Å². The van der Waals surface area contributed by atoms with E-state index in [2.05, 4.69) is 27.5 Å². The van der Waals surface area contributed by atoms with Crippen molar-refractivity contribution in [2.75, 3.05) is 42.3 Å². The fourth-order valence-corrected chi connectivity index (χ4v) is 5.61. The molecule has 1 saturated carbocycles. The van der Waals surface area contributed by atoms with Crippen molar-refractivity contribution in [1.29, 1.82) is 0 Å². The van der Waals surface area contributed by atoms with Crippen LogP contribution in [0, 0.1) is 0 Å². The number of fused-ring (bicyclic) bond motifs is 1. The van der Waals surface area contributed by atoms with Crippen molar-refractivity contribution in [2.45, 2.75) is 63.6 Å². The Bertz CT molecular complexity index is 1070. The lowest BCUT2D eigenvalue weighted by Crippen LogP contribution is -2.54. The summed E-state index contributed by atoms with van der Waals surface area (Å²) in [6.45, 7) is 4.02. The number of piperidine rings is 1. The normalized spacial score (nSPS) is 21.8. The van der Waals surface area contributed by atoms with E-state index in [1.807, 2.05) is 50.4 Å². The highest BCUT2D eigenvalue weighted by molar-refractivity contribution is 6.04. The highest BCUT2D eigenvalue weighted by Crippen LogP contribution is 2.39. The van der Waals surface area contributed by atoms with E-state index in [4.69, 9.17) is 4.98 Å². The lowest BCUT2D eigenvalue weighted by molar-refractivity contribution is -0.119. The van der Waals surface area contributed by atoms with Crippen LogP contribution in [0.25, 0.3) is 0 Å². The number of nitrogens with zero attached hydrogens (tertiary/aromatic N) is 4. The first-order chi connectivity index (χ1) is 16.9. The Kier molecular flexibility index (Phi) is 6.65. The molecule has 0 spiro atoms. The zero-order valence-electron chi connectivity index (χ0n) is 21.0. The molecular formula is C27H36N6O2. The molecule has 35 heavy (non-hydrogen) atoms. The largest absolute Gasteiger partial charge is 0.349 e. The summed E-state index contributed by atoms with van der Waals surface area (Å²) < 4.78 is 0. The van der Waals surface area contributed by atoms with Crippen molar-refractivity contribution in [3.63, 3.8) is 0 Å². The van der Waals surface area contributed by atoms with E-state index < -0.39 is 0 Å². The van der Waals surface area contributed by atoms with Crippen LogP contribution >= 0.6 is 0 Å². The van der Waals surface area contributed by atoms with Crippen molar-refractivity contribution < 1.29 is 9.59 Å². The molecule has 5 rings (SSSR count). The van der Waals surface area contributed by atoms with Gasteiger partial charge in [0.25, 0.3) is 5.91 Å². The number of anilines is 4. The second-order valence-corrected chi connectivity index (χ2v) is 10.2. The van der Waals surface area contributed by atoms with E-state index in [1.54, 1.807) is 4.90 Å². The number of hydrogen-bond acceptors (Lipinski definition) is 6. The van der Waals surface area contributed by atoms with Gasteiger partial charge in [-0.3, -0.25) is 9.59 Å². The second kappa shape index (κ2) is 9.85. The third-order valence-electron chi connectivity index (χ3n) is 7.76. The minimum atomic E-state index is -0.222. The van der Waals surface area contributed by atoms with Crippen LogP contribution < -0.4 is 20.4 Å². The van der Waals surface area contributed by atoms with E-state index in [0.29, 0.717) is 11.6 Å². The molecule has 0 radical (unpaired) electrons. The summed E-state index contributed by atoms with van der Waals surface area (Å²) >= 11 is 0. The maximum absolute atomic E-state index is 12.9. The third kappa shape index (κ3) is 4.85. The Labute approximate surface area is 207 Å². The molecule has 2 N–H and O–H groups in total. The Morgan fingerprint density at radius 1 is 0.971 bits per heavy atom. The average Bonchev–Trinajstić information content (AvgIpc) is 3.39. The zero-order chi connectivity index (χ0) is 24.5. The average molecular weight is 477 g/mol. The van der Waals surface area contributed by atoms with Crippen LogP contribution in [0.4, 0.5) is 23.0 Å². The molecule has 8 nitrogen and oxygen atoms in total. The lowest BCUT2D eigenvalue weighted by Gasteiger charge is -2.42. The summed E-state index contributed by atoms with van der Waals surface area (Å²) in [7, 11) is 3.94. The third-order valence-corrected chi connectivity index (χ3v) is 7.76. The molecule has 2 aromatic rings. The predicted molar refractivity (Wildman–Crippen MR) is 140 cm³/mol. The first kappa shape index (κ1) is 23.6. The minimum Gasteiger partial charge on any atom is -0.349 e. The first-order valence-electron chi connectivity index (χ1n) is 12.8. The Morgan fingerprint density at radius 3 is 2.34 bits per heavy atom. The van der Waals surface area contributed by atoms with Crippen molar-refractivity contribution in [2.24, 2.45) is 0 Å². The molecule has 1 saturated heterocycles. The summed E-state index contributed by atoms with van der Waals surface area (Å²) in [5.74, 6) is 1.68. The molecule has 3 aliphatic rings. The number of pyridine rings is 1. The Balaban J connectivity index is 1.30. The monoisotopic (exact) mass is 476 g/mol. The topological polar surface area (TPSA) is 80.8 Å². The molecule has 2 amide bonds. The van der Waals surface area contributed by atoms with E-state index >= 15 is 0 Å². The van der Waals surface area contributed by atoms with Crippen LogP contribution in [0.1, 0.15) is 55.8 Å². The number of likely N-dealkylation sites (tertiary alicyclic amines) is 1. The molecule has 0 bridgehead atoms. The Morgan fingerprint density at radius 2 is 1.66 bits per heavy atom. The number of carbonyl (C=O) groups is 2. The first-order valence-corrected chi connectivity index (χ1v) is 12.8. The highest BCUT2D eigenvalue weighted by Gasteiger charge is 2.39. The van der Waals surface area contributed by atoms with E-state index in [1.165, 1.54) is 12.8 Å². The van der Waals surface area contributed by atoms with Gasteiger partial charge in [-0.25, -0.2) is 4.98 Å². The van der Waals surface area contributed by atoms with Gasteiger partial charge in [-0.1, -0.05) is 12.8 Å². The maximum atomic E-state index is 12.9. The fourth-order valence-electron chi connectivity index (χ4n) is 5.61. The number of carbonyl (C=O) groups excluding carboxylic acids is 2. The predicted octanol–water partition coefficient (Wildman–Crippen LogP) is 3.76. The van der Waals surface area contributed by atoms with E-state index in [0.717, 1.165) is 61.8 Å². The number of nitrogens with one attached hydrogen (secondary N) is 2. The van der Waals surface area contributed by atoms with Crippen LogP contribution in [0.15, 0.2) is 36.4 Å². The summed E-state index contributed by atoms with van der Waals surface area (Å²) in [4.78, 5) is 36.7.